The average molecular weight is 678 g/mol. The van der Waals surface area contributed by atoms with Gasteiger partial charge >= 0.3 is 6.92 Å². The normalized spacial score (nSPS) is 12.8. The van der Waals surface area contributed by atoms with E-state index < -0.39 is 0 Å². The average Bonchev–Trinajstić information content (AvgIpc) is 3.76. The van der Waals surface area contributed by atoms with Gasteiger partial charge in [0.1, 0.15) is 28.4 Å². The van der Waals surface area contributed by atoms with Gasteiger partial charge in [-0.05, 0) is 76.9 Å². The summed E-state index contributed by atoms with van der Waals surface area (Å²) in [7, 11) is 0. The smallest absolute Gasteiger partial charge is 0.434 e. The highest BCUT2D eigenvalue weighted by atomic mass is 16.5. The minimum atomic E-state index is -0.297. The molecule has 0 saturated heterocycles. The molecule has 0 N–H and O–H groups in total. The van der Waals surface area contributed by atoms with E-state index in [0.29, 0.717) is 0 Å². The van der Waals surface area contributed by atoms with Crippen LogP contribution in [-0.2, 0) is 0 Å². The zero-order valence-electron chi connectivity index (χ0n) is 28.4. The summed E-state index contributed by atoms with van der Waals surface area (Å²) in [5, 5.41) is 4.72. The first-order valence-electron chi connectivity index (χ1n) is 18.0. The molecule has 4 heterocycles. The molecule has 5 heteroatoms. The van der Waals surface area contributed by atoms with E-state index in [2.05, 4.69) is 162 Å². The molecule has 8 aromatic carbocycles. The van der Waals surface area contributed by atoms with Crippen molar-refractivity contribution in [2.75, 3.05) is 0 Å². The molecule has 2 aliphatic heterocycles. The number of benzene rings is 8. The quantitative estimate of drug-likeness (QED) is 0.175. The lowest BCUT2D eigenvalue weighted by atomic mass is 9.51. The second-order valence-corrected chi connectivity index (χ2v) is 14.0. The molecule has 0 fully saturated rings. The molecule has 0 saturated carbocycles. The van der Waals surface area contributed by atoms with Crippen LogP contribution in [0.25, 0.3) is 82.8 Å². The summed E-state index contributed by atoms with van der Waals surface area (Å²) in [6.45, 7) is -0.297. The minimum Gasteiger partial charge on any atom is -0.551 e. The van der Waals surface area contributed by atoms with Crippen molar-refractivity contribution in [3.63, 3.8) is 0 Å². The zero-order valence-corrected chi connectivity index (χ0v) is 28.4. The molecule has 0 atom stereocenters. The zero-order chi connectivity index (χ0) is 34.6. The van der Waals surface area contributed by atoms with Crippen molar-refractivity contribution in [3.05, 3.63) is 170 Å². The summed E-state index contributed by atoms with van der Waals surface area (Å²) in [6, 6.07) is 60.0. The van der Waals surface area contributed by atoms with Crippen molar-refractivity contribution in [2.45, 2.75) is 0 Å². The molecule has 53 heavy (non-hydrogen) atoms. The van der Waals surface area contributed by atoms with Crippen molar-refractivity contribution < 1.29 is 13.8 Å². The lowest BCUT2D eigenvalue weighted by Crippen LogP contribution is -2.53. The Morgan fingerprint density at radius 2 is 1.08 bits per heavy atom. The maximum Gasteiger partial charge on any atom is 0.434 e. The second-order valence-electron chi connectivity index (χ2n) is 14.0. The summed E-state index contributed by atoms with van der Waals surface area (Å²) in [4.78, 5) is 0. The van der Waals surface area contributed by atoms with Gasteiger partial charge in [0, 0.05) is 43.6 Å². The molecule has 246 valence electrons. The van der Waals surface area contributed by atoms with Gasteiger partial charge in [0.25, 0.3) is 0 Å². The number of hydrogen-bond donors (Lipinski definition) is 0. The molecule has 0 unspecified atom stereocenters. The summed E-state index contributed by atoms with van der Waals surface area (Å²) < 4.78 is 22.2. The van der Waals surface area contributed by atoms with Crippen LogP contribution in [0.15, 0.2) is 174 Å². The van der Waals surface area contributed by atoms with E-state index in [-0.39, 0.29) is 6.92 Å². The topological polar surface area (TPSA) is 36.5 Å². The predicted molar refractivity (Wildman–Crippen MR) is 217 cm³/mol. The highest BCUT2D eigenvalue weighted by molar-refractivity contribution is 6.84. The Labute approximate surface area is 305 Å². The van der Waals surface area contributed by atoms with Crippen LogP contribution in [0.3, 0.4) is 0 Å². The van der Waals surface area contributed by atoms with Gasteiger partial charge in [-0.2, -0.15) is 0 Å². The number of ether oxygens (including phenoxy) is 1. The third-order valence-corrected chi connectivity index (χ3v) is 11.1. The molecule has 0 aliphatic carbocycles. The van der Waals surface area contributed by atoms with E-state index >= 15 is 0 Å². The fourth-order valence-corrected chi connectivity index (χ4v) is 8.69. The fourth-order valence-electron chi connectivity index (χ4n) is 8.69. The Bertz CT molecular complexity index is 3100. The number of rotatable bonds is 3. The van der Waals surface area contributed by atoms with Crippen molar-refractivity contribution in [1.29, 1.82) is 0 Å². The first-order valence-corrected chi connectivity index (χ1v) is 18.0. The first-order chi connectivity index (χ1) is 26.3. The van der Waals surface area contributed by atoms with Gasteiger partial charge in [0.05, 0.1) is 16.7 Å². The monoisotopic (exact) mass is 677 g/mol. The molecule has 0 bridgehead atoms. The van der Waals surface area contributed by atoms with E-state index in [4.69, 9.17) is 13.8 Å². The molecule has 0 radical (unpaired) electrons. The Kier molecular flexibility index (Phi) is 5.83. The van der Waals surface area contributed by atoms with Crippen molar-refractivity contribution in [3.8, 4) is 56.3 Å². The molecule has 2 aromatic heterocycles. The molecule has 12 rings (SSSR count). The van der Waals surface area contributed by atoms with Crippen LogP contribution in [-0.4, -0.2) is 11.5 Å². The van der Waals surface area contributed by atoms with E-state index in [1.165, 1.54) is 21.8 Å². The largest absolute Gasteiger partial charge is 0.551 e. The van der Waals surface area contributed by atoms with Crippen LogP contribution >= 0.6 is 0 Å². The fraction of sp³-hybridized carbons (Fsp3) is 0. The Morgan fingerprint density at radius 3 is 1.94 bits per heavy atom. The number of fused-ring (bicyclic) bond motifs is 10. The van der Waals surface area contributed by atoms with Crippen molar-refractivity contribution in [2.24, 2.45) is 0 Å². The number of para-hydroxylation sites is 4. The molecule has 4 nitrogen and oxygen atoms in total. The molecule has 2 aliphatic rings. The van der Waals surface area contributed by atoms with Gasteiger partial charge in [-0.25, -0.2) is 0 Å². The number of nitrogens with zero attached hydrogens (tertiary/aromatic N) is 1. The van der Waals surface area contributed by atoms with Gasteiger partial charge in [0.2, 0.25) is 0 Å². The standard InChI is InChI=1S/C48H28BNO3/c1-5-15-40(50-41-16-6-2-11-33(41)34-12-3-7-17-42(34)50)32(10-1)31-21-24-39-47(28-31)52-45-19-9-14-37-36-23-20-30(27-46(36)53-49(39)48(37)45)29-22-25-44-38(26-29)35-13-4-8-18-43(35)51-44/h1-28H. The van der Waals surface area contributed by atoms with Crippen LogP contribution in [0.1, 0.15) is 0 Å². The molecule has 0 spiro atoms. The van der Waals surface area contributed by atoms with Gasteiger partial charge in [-0.3, -0.25) is 0 Å². The van der Waals surface area contributed by atoms with E-state index in [1.54, 1.807) is 0 Å². The number of aromatic nitrogens is 1. The predicted octanol–water partition coefficient (Wildman–Crippen LogP) is 11.3. The highest BCUT2D eigenvalue weighted by Gasteiger charge is 2.40. The van der Waals surface area contributed by atoms with E-state index in [0.717, 1.165) is 89.2 Å². The Hall–Kier alpha value is -6.98. The van der Waals surface area contributed by atoms with E-state index in [1.807, 2.05) is 12.1 Å². The number of furan rings is 1. The Morgan fingerprint density at radius 1 is 0.415 bits per heavy atom. The van der Waals surface area contributed by atoms with E-state index in [9.17, 15) is 0 Å². The van der Waals surface area contributed by atoms with Crippen LogP contribution in [0.4, 0.5) is 0 Å². The minimum absolute atomic E-state index is 0.297. The van der Waals surface area contributed by atoms with Crippen LogP contribution in [0, 0.1) is 0 Å². The first kappa shape index (κ1) is 28.7. The molecule has 0 amide bonds. The maximum atomic E-state index is 6.99. The summed E-state index contributed by atoms with van der Waals surface area (Å²) in [6.07, 6.45) is 0. The lowest BCUT2D eigenvalue weighted by Gasteiger charge is -2.33. The van der Waals surface area contributed by atoms with Crippen molar-refractivity contribution in [1.82, 2.24) is 4.57 Å². The SMILES string of the molecule is c1ccc(-n2c3ccccc3c3ccccc32)c(-c2ccc3c(c2)Oc2cccc4c2B3Oc2cc(-c3ccc5oc6ccccc6c5c3)ccc2-4)c1. The third-order valence-electron chi connectivity index (χ3n) is 11.1. The van der Waals surface area contributed by atoms with Crippen LogP contribution in [0.5, 0.6) is 17.2 Å². The number of hydrogen-bond acceptors (Lipinski definition) is 3. The van der Waals surface area contributed by atoms with Crippen molar-refractivity contribution >= 4 is 61.6 Å². The third kappa shape index (κ3) is 4.13. The summed E-state index contributed by atoms with van der Waals surface area (Å²) >= 11 is 0. The molecule has 10 aromatic rings. The van der Waals surface area contributed by atoms with Crippen LogP contribution < -0.4 is 20.3 Å². The van der Waals surface area contributed by atoms with Gasteiger partial charge in [-0.15, -0.1) is 0 Å². The molecular weight excluding hydrogens is 649 g/mol. The van der Waals surface area contributed by atoms with Gasteiger partial charge in [0.15, 0.2) is 0 Å². The second kappa shape index (κ2) is 10.8. The lowest BCUT2D eigenvalue weighted by molar-refractivity contribution is 0.479. The maximum absolute atomic E-state index is 6.99. The Balaban J connectivity index is 0.966. The highest BCUT2D eigenvalue weighted by Crippen LogP contribution is 2.43. The molecular formula is C48H28BNO3. The van der Waals surface area contributed by atoms with Gasteiger partial charge < -0.3 is 18.4 Å². The van der Waals surface area contributed by atoms with Gasteiger partial charge in [-0.1, -0.05) is 115 Å². The summed E-state index contributed by atoms with van der Waals surface area (Å²) in [5.74, 6) is 2.51. The summed E-state index contributed by atoms with van der Waals surface area (Å²) in [5.41, 5.74) is 14.0. The van der Waals surface area contributed by atoms with Crippen LogP contribution in [0.2, 0.25) is 0 Å².